The smallest absolute Gasteiger partial charge is 0.243 e. The Labute approximate surface area is 276 Å². The van der Waals surface area contributed by atoms with E-state index in [9.17, 15) is 4.79 Å². The zero-order valence-corrected chi connectivity index (χ0v) is 27.2. The van der Waals surface area contributed by atoms with Gasteiger partial charge in [-0.1, -0.05) is 29.8 Å². The van der Waals surface area contributed by atoms with E-state index in [1.54, 1.807) is 23.1 Å². The number of fused-ring (bicyclic) bond motifs is 1. The highest BCUT2D eigenvalue weighted by molar-refractivity contribution is 6.41. The van der Waals surface area contributed by atoms with Crippen LogP contribution in [0.2, 0.25) is 10.0 Å². The van der Waals surface area contributed by atoms with Crippen molar-refractivity contribution in [3.63, 3.8) is 0 Å². The van der Waals surface area contributed by atoms with Gasteiger partial charge in [0.1, 0.15) is 17.0 Å². The summed E-state index contributed by atoms with van der Waals surface area (Å²) in [6, 6.07) is 3.01. The Kier molecular flexibility index (Phi) is 9.34. The van der Waals surface area contributed by atoms with Crippen LogP contribution >= 0.6 is 23.2 Å². The fourth-order valence-electron chi connectivity index (χ4n) is 5.77. The molecule has 6 rings (SSSR count). The maximum Gasteiger partial charge on any atom is 0.243 e. The van der Waals surface area contributed by atoms with Gasteiger partial charge in [0.15, 0.2) is 5.82 Å². The van der Waals surface area contributed by atoms with Crippen molar-refractivity contribution in [2.45, 2.75) is 31.0 Å². The molecule has 0 saturated carbocycles. The second-order valence-electron chi connectivity index (χ2n) is 11.1. The number of anilines is 3. The molecule has 1 aromatic carbocycles. The minimum Gasteiger partial charge on any atom is -0.495 e. The summed E-state index contributed by atoms with van der Waals surface area (Å²) in [5.41, 5.74) is 2.50. The van der Waals surface area contributed by atoms with Gasteiger partial charge in [-0.2, -0.15) is 5.10 Å². The van der Waals surface area contributed by atoms with E-state index in [-0.39, 0.29) is 24.1 Å². The first-order valence-electron chi connectivity index (χ1n) is 14.8. The first-order chi connectivity index (χ1) is 22.3. The number of ether oxygens (including phenoxy) is 3. The lowest BCUT2D eigenvalue weighted by molar-refractivity contribution is -0.117. The zero-order chi connectivity index (χ0) is 32.4. The summed E-state index contributed by atoms with van der Waals surface area (Å²) < 4.78 is 18.6. The van der Waals surface area contributed by atoms with Crippen molar-refractivity contribution in [3.8, 4) is 22.8 Å². The molecule has 1 unspecified atom stereocenters. The molecule has 3 aromatic heterocycles. The second-order valence-corrected chi connectivity index (χ2v) is 11.9. The Morgan fingerprint density at radius 1 is 1.13 bits per heavy atom. The molecule has 0 bridgehead atoms. The Balaban J connectivity index is 1.37. The van der Waals surface area contributed by atoms with Gasteiger partial charge in [-0.15, -0.1) is 0 Å². The normalized spacial score (nSPS) is 19.3. The van der Waals surface area contributed by atoms with E-state index in [1.165, 1.54) is 20.3 Å². The summed E-state index contributed by atoms with van der Waals surface area (Å²) in [7, 11) is 4.92. The Hall–Kier alpha value is -4.33. The van der Waals surface area contributed by atoms with E-state index >= 15 is 0 Å². The molecule has 13 nitrogen and oxygen atoms in total. The molecule has 46 heavy (non-hydrogen) atoms. The van der Waals surface area contributed by atoms with E-state index in [1.807, 2.05) is 19.3 Å². The molecule has 242 valence electrons. The van der Waals surface area contributed by atoms with Gasteiger partial charge in [-0.25, -0.2) is 15.0 Å². The predicted octanol–water partition coefficient (Wildman–Crippen LogP) is 4.31. The fraction of sp³-hybridized carbons (Fsp3) is 0.387. The molecule has 4 aromatic rings. The van der Waals surface area contributed by atoms with Crippen molar-refractivity contribution in [1.29, 1.82) is 0 Å². The summed E-state index contributed by atoms with van der Waals surface area (Å²) in [6.45, 7) is 6.03. The van der Waals surface area contributed by atoms with Gasteiger partial charge in [0.05, 0.1) is 60.0 Å². The average Bonchev–Trinajstić information content (AvgIpc) is 3.82. The van der Waals surface area contributed by atoms with Gasteiger partial charge in [0.2, 0.25) is 11.9 Å². The first kappa shape index (κ1) is 31.6. The highest BCUT2D eigenvalue weighted by Gasteiger charge is 2.35. The third-order valence-electron chi connectivity index (χ3n) is 8.12. The van der Waals surface area contributed by atoms with Crippen LogP contribution in [0.15, 0.2) is 43.4 Å². The number of hydrogen-bond acceptors (Lipinski definition) is 11. The molecule has 2 aliphatic rings. The van der Waals surface area contributed by atoms with Crippen LogP contribution in [-0.4, -0.2) is 89.3 Å². The molecule has 0 spiro atoms. The number of aryl methyl sites for hydroxylation is 1. The first-order valence-corrected chi connectivity index (χ1v) is 15.6. The van der Waals surface area contributed by atoms with Crippen LogP contribution in [0, 0.1) is 0 Å². The minimum absolute atomic E-state index is 0.0511. The monoisotopic (exact) mass is 667 g/mol. The lowest BCUT2D eigenvalue weighted by Gasteiger charge is -2.21. The number of carbonyl (C=O) groups excluding carboxylic acids is 1. The summed E-state index contributed by atoms with van der Waals surface area (Å²) in [6.07, 6.45) is 8.73. The fourth-order valence-corrected chi connectivity index (χ4v) is 6.47. The number of pyridine rings is 1. The van der Waals surface area contributed by atoms with Crippen LogP contribution in [0.1, 0.15) is 12.8 Å². The molecule has 2 aliphatic heterocycles. The van der Waals surface area contributed by atoms with E-state index in [4.69, 9.17) is 47.4 Å². The summed E-state index contributed by atoms with van der Waals surface area (Å²) in [4.78, 5) is 28.9. The number of amides is 1. The zero-order valence-electron chi connectivity index (χ0n) is 25.7. The molecule has 3 atom stereocenters. The molecular formula is C31H35Cl2N9O4. The van der Waals surface area contributed by atoms with E-state index in [0.29, 0.717) is 75.1 Å². The van der Waals surface area contributed by atoms with E-state index in [0.717, 1.165) is 25.1 Å². The van der Waals surface area contributed by atoms with Crippen molar-refractivity contribution in [2.75, 3.05) is 56.0 Å². The summed E-state index contributed by atoms with van der Waals surface area (Å²) in [5.74, 6) is 1.45. The maximum atomic E-state index is 12.3. The number of hydrogen-bond donors (Lipinski definition) is 3. The highest BCUT2D eigenvalue weighted by atomic mass is 35.5. The average molecular weight is 669 g/mol. The van der Waals surface area contributed by atoms with Gasteiger partial charge in [-0.3, -0.25) is 9.48 Å². The van der Waals surface area contributed by atoms with Gasteiger partial charge in [-0.05, 0) is 25.0 Å². The Bertz CT molecular complexity index is 1730. The van der Waals surface area contributed by atoms with Crippen LogP contribution < -0.4 is 30.3 Å². The molecule has 15 heteroatoms. The minimum atomic E-state index is -0.256. The Morgan fingerprint density at radius 3 is 2.54 bits per heavy atom. The number of halogens is 2. The van der Waals surface area contributed by atoms with E-state index in [2.05, 4.69) is 37.5 Å². The van der Waals surface area contributed by atoms with Crippen LogP contribution in [0.25, 0.3) is 22.2 Å². The predicted molar refractivity (Wildman–Crippen MR) is 178 cm³/mol. The maximum absolute atomic E-state index is 12.3. The number of methoxy groups -OCH3 is 2. The number of carbonyl (C=O) groups is 1. The molecule has 2 fully saturated rings. The third-order valence-corrected chi connectivity index (χ3v) is 8.87. The lowest BCUT2D eigenvalue weighted by atomic mass is 10.1. The van der Waals surface area contributed by atoms with Crippen molar-refractivity contribution >= 4 is 57.5 Å². The van der Waals surface area contributed by atoms with Crippen LogP contribution in [-0.2, 0) is 16.6 Å². The summed E-state index contributed by atoms with van der Waals surface area (Å²) in [5, 5.41) is 15.5. The number of benzene rings is 1. The van der Waals surface area contributed by atoms with Crippen molar-refractivity contribution in [3.05, 3.63) is 53.4 Å². The summed E-state index contributed by atoms with van der Waals surface area (Å²) >= 11 is 13.5. The number of aromatic nitrogens is 5. The molecule has 1 amide bonds. The number of nitrogens with zero attached hydrogens (tertiary/aromatic N) is 6. The molecule has 2 saturated heterocycles. The molecule has 0 radical (unpaired) electrons. The van der Waals surface area contributed by atoms with Gasteiger partial charge in [0.25, 0.3) is 0 Å². The molecular weight excluding hydrogens is 633 g/mol. The van der Waals surface area contributed by atoms with Gasteiger partial charge >= 0.3 is 0 Å². The largest absolute Gasteiger partial charge is 0.495 e. The SMILES string of the molecule is C=CC(=O)N[C@H]1CN(c2cnn(C)c2)C[C@H]1Nc1ncc2cc(-c3c(Cl)c(OC)cc(OC)c3Cl)nc(NCC3CCCO3)c2n1. The van der Waals surface area contributed by atoms with Crippen LogP contribution in [0.3, 0.4) is 0 Å². The Morgan fingerprint density at radius 2 is 1.89 bits per heavy atom. The molecule has 3 N–H and O–H groups in total. The van der Waals surface area contributed by atoms with Crippen LogP contribution in [0.4, 0.5) is 17.5 Å². The standard InChI is InChI=1S/C31H35Cl2N9O4/c1-5-25(43)37-21-15-42(18-12-36-41(2)14-18)16-22(21)39-31-35-11-17-9-20(26-27(32)23(44-3)10-24(45-4)28(26)33)38-30(29(17)40-31)34-13-19-7-6-8-46-19/h5,9-12,14,19,21-22H,1,6-8,13,15-16H2,2-4H3,(H,34,38)(H,37,43)(H,35,39,40)/t19?,21-,22+/m0/s1. The van der Waals surface area contributed by atoms with Crippen molar-refractivity contribution in [2.24, 2.45) is 7.05 Å². The third kappa shape index (κ3) is 6.48. The van der Waals surface area contributed by atoms with Gasteiger partial charge < -0.3 is 35.1 Å². The van der Waals surface area contributed by atoms with Gasteiger partial charge in [0, 0.05) is 62.7 Å². The van der Waals surface area contributed by atoms with Crippen molar-refractivity contribution < 1.29 is 19.0 Å². The quantitative estimate of drug-likeness (QED) is 0.197. The molecule has 0 aliphatic carbocycles. The topological polar surface area (TPSA) is 141 Å². The molecule has 5 heterocycles. The number of nitrogens with one attached hydrogen (secondary N) is 3. The van der Waals surface area contributed by atoms with Crippen LogP contribution in [0.5, 0.6) is 11.5 Å². The van der Waals surface area contributed by atoms with E-state index < -0.39 is 0 Å². The highest BCUT2D eigenvalue weighted by Crippen LogP contribution is 2.46. The lowest BCUT2D eigenvalue weighted by Crippen LogP contribution is -2.45. The second kappa shape index (κ2) is 13.6. The number of rotatable bonds is 11. The van der Waals surface area contributed by atoms with Crippen molar-refractivity contribution in [1.82, 2.24) is 30.0 Å².